The fourth-order valence-corrected chi connectivity index (χ4v) is 4.05. The molecule has 12 heteroatoms. The molecule has 0 saturated carbocycles. The van der Waals surface area contributed by atoms with E-state index in [9.17, 15) is 22.0 Å². The average Bonchev–Trinajstić information content (AvgIpc) is 2.78. The van der Waals surface area contributed by atoms with Crippen LogP contribution in [0, 0.1) is 0 Å². The van der Waals surface area contributed by atoms with Gasteiger partial charge in [-0.2, -0.15) is 13.9 Å². The molecule has 34 heavy (non-hydrogen) atoms. The zero-order valence-corrected chi connectivity index (χ0v) is 19.5. The molecule has 1 atom stereocenters. The minimum atomic E-state index is -3.39. The van der Waals surface area contributed by atoms with Crippen LogP contribution in [0.25, 0.3) is 0 Å². The number of hydrogen-bond donors (Lipinski definition) is 2. The third-order valence-corrected chi connectivity index (χ3v) is 5.60. The van der Waals surface area contributed by atoms with Gasteiger partial charge in [0.1, 0.15) is 6.04 Å². The molecule has 2 aromatic rings. The summed E-state index contributed by atoms with van der Waals surface area (Å²) in [6.45, 7) is -2.39. The van der Waals surface area contributed by atoms with Crippen LogP contribution in [0.5, 0.6) is 11.5 Å². The summed E-state index contributed by atoms with van der Waals surface area (Å²) < 4.78 is 59.6. The Hall–Kier alpha value is -3.41. The van der Waals surface area contributed by atoms with Gasteiger partial charge in [0.15, 0.2) is 11.5 Å². The van der Waals surface area contributed by atoms with Gasteiger partial charge in [0.2, 0.25) is 15.9 Å². The molecule has 0 bridgehead atoms. The number of nitrogens with zero attached hydrogens (tertiary/aromatic N) is 2. The molecule has 1 unspecified atom stereocenters. The average molecular weight is 497 g/mol. The van der Waals surface area contributed by atoms with Crippen molar-refractivity contribution in [3.63, 3.8) is 0 Å². The fourth-order valence-electron chi connectivity index (χ4n) is 3.48. The zero-order valence-electron chi connectivity index (χ0n) is 18.7. The molecular formula is C22H26F2N4O5S. The number of benzene rings is 2. The quantitative estimate of drug-likeness (QED) is 0.515. The predicted molar refractivity (Wildman–Crippen MR) is 125 cm³/mol. The van der Waals surface area contributed by atoms with Crippen molar-refractivity contribution in [2.45, 2.75) is 31.9 Å². The van der Waals surface area contributed by atoms with Gasteiger partial charge in [-0.1, -0.05) is 0 Å². The van der Waals surface area contributed by atoms with Gasteiger partial charge in [-0.15, -0.1) is 0 Å². The van der Waals surface area contributed by atoms with E-state index >= 15 is 0 Å². The SMILES string of the molecule is COc1cc(/C=N/N2CCCCC2C(=O)Nc2ccc(NS(C)(=O)=O)cc2)ccc1OC(F)F. The highest BCUT2D eigenvalue weighted by atomic mass is 32.2. The van der Waals surface area contributed by atoms with Crippen molar-refractivity contribution in [3.05, 3.63) is 48.0 Å². The summed E-state index contributed by atoms with van der Waals surface area (Å²) in [6, 6.07) is 10.3. The fraction of sp³-hybridized carbons (Fsp3) is 0.364. The monoisotopic (exact) mass is 496 g/mol. The maximum absolute atomic E-state index is 12.9. The van der Waals surface area contributed by atoms with Crippen LogP contribution >= 0.6 is 0 Å². The third-order valence-electron chi connectivity index (χ3n) is 4.99. The van der Waals surface area contributed by atoms with Gasteiger partial charge >= 0.3 is 6.61 Å². The minimum absolute atomic E-state index is 0.0809. The van der Waals surface area contributed by atoms with Crippen LogP contribution in [0.1, 0.15) is 24.8 Å². The molecule has 2 aromatic carbocycles. The predicted octanol–water partition coefficient (Wildman–Crippen LogP) is 3.50. The van der Waals surface area contributed by atoms with E-state index in [1.54, 1.807) is 35.3 Å². The second-order valence-corrected chi connectivity index (χ2v) is 9.40. The Morgan fingerprint density at radius 1 is 1.15 bits per heavy atom. The second-order valence-electron chi connectivity index (χ2n) is 7.65. The van der Waals surface area contributed by atoms with Gasteiger partial charge < -0.3 is 14.8 Å². The smallest absolute Gasteiger partial charge is 0.387 e. The molecule has 1 heterocycles. The third kappa shape index (κ3) is 7.30. The molecule has 0 aromatic heterocycles. The van der Waals surface area contributed by atoms with E-state index in [2.05, 4.69) is 19.9 Å². The first-order valence-corrected chi connectivity index (χ1v) is 12.4. The van der Waals surface area contributed by atoms with E-state index in [1.165, 1.54) is 25.5 Å². The lowest BCUT2D eigenvalue weighted by molar-refractivity contribution is -0.122. The van der Waals surface area contributed by atoms with Crippen molar-refractivity contribution in [1.82, 2.24) is 5.01 Å². The minimum Gasteiger partial charge on any atom is -0.493 e. The number of anilines is 2. The van der Waals surface area contributed by atoms with Gasteiger partial charge in [0.25, 0.3) is 0 Å². The number of nitrogens with one attached hydrogen (secondary N) is 2. The number of rotatable bonds is 9. The number of sulfonamides is 1. The van der Waals surface area contributed by atoms with Crippen molar-refractivity contribution in [1.29, 1.82) is 0 Å². The van der Waals surface area contributed by atoms with Crippen molar-refractivity contribution in [3.8, 4) is 11.5 Å². The molecule has 0 spiro atoms. The zero-order chi connectivity index (χ0) is 24.7. The van der Waals surface area contributed by atoms with Crippen molar-refractivity contribution >= 4 is 33.5 Å². The number of carbonyl (C=O) groups is 1. The Morgan fingerprint density at radius 3 is 2.50 bits per heavy atom. The van der Waals surface area contributed by atoms with E-state index in [1.807, 2.05) is 0 Å². The molecule has 0 aliphatic carbocycles. The summed E-state index contributed by atoms with van der Waals surface area (Å²) in [5.41, 5.74) is 1.51. The molecule has 1 aliphatic heterocycles. The van der Waals surface area contributed by atoms with Crippen LogP contribution in [0.15, 0.2) is 47.6 Å². The summed E-state index contributed by atoms with van der Waals surface area (Å²) in [6.07, 6.45) is 4.95. The van der Waals surface area contributed by atoms with Gasteiger partial charge in [-0.3, -0.25) is 14.5 Å². The number of amides is 1. The molecule has 1 saturated heterocycles. The van der Waals surface area contributed by atoms with Crippen molar-refractivity contribution in [2.24, 2.45) is 5.10 Å². The van der Waals surface area contributed by atoms with Crippen LogP contribution in [0.3, 0.4) is 0 Å². The Morgan fingerprint density at radius 2 is 1.85 bits per heavy atom. The van der Waals surface area contributed by atoms with Crippen LogP contribution in [0.4, 0.5) is 20.2 Å². The summed E-state index contributed by atoms with van der Waals surface area (Å²) in [7, 11) is -2.04. The molecule has 9 nitrogen and oxygen atoms in total. The van der Waals surface area contributed by atoms with E-state index in [0.717, 1.165) is 19.1 Å². The molecule has 184 valence electrons. The standard InChI is InChI=1S/C22H26F2N4O5S/c1-32-20-13-15(6-11-19(20)33-22(23)24)14-25-28-12-4-3-5-18(28)21(29)26-16-7-9-17(10-8-16)27-34(2,30)31/h6-11,13-14,18,22,27H,3-5,12H2,1-2H3,(H,26,29)/b25-14+. The van der Waals surface area contributed by atoms with E-state index in [4.69, 9.17) is 4.74 Å². The number of halogens is 2. The number of piperidine rings is 1. The maximum atomic E-state index is 12.9. The number of carbonyl (C=O) groups excluding carboxylic acids is 1. The molecule has 1 amide bonds. The Kier molecular flexibility index (Phi) is 8.26. The molecule has 1 fully saturated rings. The van der Waals surface area contributed by atoms with E-state index in [0.29, 0.717) is 29.9 Å². The van der Waals surface area contributed by atoms with Gasteiger partial charge in [-0.05, 0) is 67.3 Å². The lowest BCUT2D eigenvalue weighted by Gasteiger charge is -2.32. The lowest BCUT2D eigenvalue weighted by atomic mass is 10.0. The topological polar surface area (TPSA) is 109 Å². The first-order valence-electron chi connectivity index (χ1n) is 10.5. The first kappa shape index (κ1) is 25.2. The normalized spacial score (nSPS) is 16.5. The van der Waals surface area contributed by atoms with Gasteiger partial charge in [-0.25, -0.2) is 8.42 Å². The Bertz CT molecular complexity index is 1130. The van der Waals surface area contributed by atoms with Crippen LogP contribution in [-0.2, 0) is 14.8 Å². The first-order chi connectivity index (χ1) is 16.1. The lowest BCUT2D eigenvalue weighted by Crippen LogP contribution is -2.44. The second kappa shape index (κ2) is 11.1. The van der Waals surface area contributed by atoms with Crippen LogP contribution < -0.4 is 19.5 Å². The summed E-state index contributed by atoms with van der Waals surface area (Å²) in [4.78, 5) is 12.9. The number of methoxy groups -OCH3 is 1. The largest absolute Gasteiger partial charge is 0.493 e. The number of hydrazone groups is 1. The van der Waals surface area contributed by atoms with Gasteiger partial charge in [0.05, 0.1) is 19.6 Å². The number of alkyl halides is 2. The van der Waals surface area contributed by atoms with Crippen LogP contribution in [0.2, 0.25) is 0 Å². The van der Waals surface area contributed by atoms with Crippen molar-refractivity contribution < 1.29 is 31.5 Å². The molecule has 0 radical (unpaired) electrons. The number of hydrogen-bond acceptors (Lipinski definition) is 7. The highest BCUT2D eigenvalue weighted by molar-refractivity contribution is 7.92. The van der Waals surface area contributed by atoms with E-state index < -0.39 is 22.7 Å². The molecule has 1 aliphatic rings. The Balaban J connectivity index is 1.68. The molecule has 3 rings (SSSR count). The van der Waals surface area contributed by atoms with Gasteiger partial charge in [0, 0.05) is 17.9 Å². The highest BCUT2D eigenvalue weighted by Crippen LogP contribution is 2.29. The summed E-state index contributed by atoms with van der Waals surface area (Å²) in [5.74, 6) is -0.174. The number of ether oxygens (including phenoxy) is 2. The summed E-state index contributed by atoms with van der Waals surface area (Å²) in [5, 5.41) is 8.97. The van der Waals surface area contributed by atoms with Crippen LogP contribution in [-0.4, -0.2) is 58.1 Å². The Labute approximate surface area is 196 Å². The van der Waals surface area contributed by atoms with Crippen molar-refractivity contribution in [2.75, 3.05) is 29.9 Å². The summed E-state index contributed by atoms with van der Waals surface area (Å²) >= 11 is 0. The maximum Gasteiger partial charge on any atom is 0.387 e. The molecule has 2 N–H and O–H groups in total. The highest BCUT2D eigenvalue weighted by Gasteiger charge is 2.28. The van der Waals surface area contributed by atoms with E-state index in [-0.39, 0.29) is 17.4 Å². The molecular weight excluding hydrogens is 470 g/mol.